The number of benzene rings is 3. The lowest BCUT2D eigenvalue weighted by Gasteiger charge is -2.10. The highest BCUT2D eigenvalue weighted by Crippen LogP contribution is 2.28. The lowest BCUT2D eigenvalue weighted by atomic mass is 9.97. The number of allylic oxidation sites excluding steroid dienone is 2. The summed E-state index contributed by atoms with van der Waals surface area (Å²) in [5.74, 6) is 0.969. The number of fused-ring (bicyclic) bond motifs is 1. The summed E-state index contributed by atoms with van der Waals surface area (Å²) in [6.45, 7) is 6.42. The molecule has 0 aromatic heterocycles. The Morgan fingerprint density at radius 3 is 2.61 bits per heavy atom. The van der Waals surface area contributed by atoms with E-state index in [1.165, 1.54) is 11.1 Å². The van der Waals surface area contributed by atoms with Crippen LogP contribution < -0.4 is 4.74 Å². The number of hydrogen-bond acceptors (Lipinski definition) is 2. The first-order valence-corrected chi connectivity index (χ1v) is 10.6. The zero-order chi connectivity index (χ0) is 21.6. The van der Waals surface area contributed by atoms with E-state index < -0.39 is 0 Å². The van der Waals surface area contributed by atoms with Gasteiger partial charge in [-0.1, -0.05) is 72.8 Å². The average Bonchev–Trinajstić information content (AvgIpc) is 3.21. The van der Waals surface area contributed by atoms with E-state index in [1.807, 2.05) is 60.7 Å². The molecule has 3 aromatic carbocycles. The molecule has 0 atom stereocenters. The quantitative estimate of drug-likeness (QED) is 0.403. The van der Waals surface area contributed by atoms with Crippen molar-refractivity contribution in [2.45, 2.75) is 32.8 Å². The summed E-state index contributed by atoms with van der Waals surface area (Å²) in [5, 5.41) is 0. The third-order valence-electron chi connectivity index (χ3n) is 5.56. The second-order valence-corrected chi connectivity index (χ2v) is 8.03. The molecule has 0 fully saturated rings. The molecule has 154 valence electrons. The van der Waals surface area contributed by atoms with Gasteiger partial charge in [0.1, 0.15) is 12.4 Å². The molecule has 2 nitrogen and oxygen atoms in total. The van der Waals surface area contributed by atoms with E-state index in [2.05, 4.69) is 37.4 Å². The van der Waals surface area contributed by atoms with E-state index in [0.717, 1.165) is 33.6 Å². The Bertz CT molecular complexity index is 1180. The Balaban J connectivity index is 1.38. The molecule has 0 saturated carbocycles. The van der Waals surface area contributed by atoms with E-state index in [9.17, 15) is 4.79 Å². The molecule has 0 N–H and O–H groups in total. The van der Waals surface area contributed by atoms with Gasteiger partial charge in [0.05, 0.1) is 0 Å². The van der Waals surface area contributed by atoms with Gasteiger partial charge in [0, 0.05) is 24.8 Å². The predicted octanol–water partition coefficient (Wildman–Crippen LogP) is 6.43. The van der Waals surface area contributed by atoms with Gasteiger partial charge in [0.15, 0.2) is 5.78 Å². The molecule has 4 rings (SSSR count). The molecule has 0 radical (unpaired) electrons. The normalized spacial score (nSPS) is 12.0. The van der Waals surface area contributed by atoms with Crippen LogP contribution in [0.4, 0.5) is 0 Å². The van der Waals surface area contributed by atoms with Crippen molar-refractivity contribution in [1.82, 2.24) is 0 Å². The molecule has 31 heavy (non-hydrogen) atoms. The van der Waals surface area contributed by atoms with Crippen LogP contribution in [0.15, 0.2) is 96.3 Å². The predicted molar refractivity (Wildman–Crippen MR) is 126 cm³/mol. The maximum absolute atomic E-state index is 12.9. The van der Waals surface area contributed by atoms with Crippen LogP contribution >= 0.6 is 0 Å². The van der Waals surface area contributed by atoms with Crippen molar-refractivity contribution in [1.29, 1.82) is 0 Å². The summed E-state index contributed by atoms with van der Waals surface area (Å²) in [6.07, 6.45) is 3.72. The fraction of sp³-hybridized carbons (Fsp3) is 0.172. The first-order valence-electron chi connectivity index (χ1n) is 10.6. The number of carbonyl (C=O) groups is 1. The van der Waals surface area contributed by atoms with Gasteiger partial charge in [0.2, 0.25) is 0 Å². The van der Waals surface area contributed by atoms with E-state index in [4.69, 9.17) is 4.74 Å². The SMILES string of the molecule is C=C=C(CC(=O)C1=Cc2cc(C)ccc2C1)Cc1cccc(OCc2ccccc2)c1. The first kappa shape index (κ1) is 20.7. The van der Waals surface area contributed by atoms with Gasteiger partial charge in [0.25, 0.3) is 0 Å². The minimum Gasteiger partial charge on any atom is -0.489 e. The summed E-state index contributed by atoms with van der Waals surface area (Å²) in [4.78, 5) is 12.9. The monoisotopic (exact) mass is 406 g/mol. The zero-order valence-electron chi connectivity index (χ0n) is 17.9. The lowest BCUT2D eigenvalue weighted by Crippen LogP contribution is -2.05. The number of hydrogen-bond donors (Lipinski definition) is 0. The smallest absolute Gasteiger partial charge is 0.163 e. The van der Waals surface area contributed by atoms with Gasteiger partial charge >= 0.3 is 0 Å². The van der Waals surface area contributed by atoms with Crippen molar-refractivity contribution < 1.29 is 9.53 Å². The highest BCUT2D eigenvalue weighted by atomic mass is 16.5. The third kappa shape index (κ3) is 5.31. The van der Waals surface area contributed by atoms with Crippen molar-refractivity contribution >= 4 is 11.9 Å². The topological polar surface area (TPSA) is 26.3 Å². The van der Waals surface area contributed by atoms with Crippen LogP contribution in [0.5, 0.6) is 5.75 Å². The zero-order valence-corrected chi connectivity index (χ0v) is 17.9. The largest absolute Gasteiger partial charge is 0.489 e. The average molecular weight is 407 g/mol. The van der Waals surface area contributed by atoms with Crippen molar-refractivity contribution in [2.24, 2.45) is 0 Å². The fourth-order valence-electron chi connectivity index (χ4n) is 3.86. The van der Waals surface area contributed by atoms with Gasteiger partial charge in [-0.05, 0) is 53.0 Å². The van der Waals surface area contributed by atoms with Gasteiger partial charge < -0.3 is 4.74 Å². The Hall–Kier alpha value is -3.61. The van der Waals surface area contributed by atoms with Crippen LogP contribution in [0.25, 0.3) is 6.08 Å². The maximum atomic E-state index is 12.9. The number of ether oxygens (including phenoxy) is 1. The first-order chi connectivity index (χ1) is 15.1. The Labute approximate surface area is 184 Å². The molecule has 0 amide bonds. The standard InChI is InChI=1S/C29H26O2/c1-3-22(17-29(30)27-18-25-13-12-21(2)14-26(25)19-27)15-24-10-7-11-28(16-24)31-20-23-8-5-4-6-9-23/h4-14,16,19H,1,15,17-18,20H2,2H3. The number of carbonyl (C=O) groups excluding carboxylic acids is 1. The van der Waals surface area contributed by atoms with Gasteiger partial charge in [-0.3, -0.25) is 4.79 Å². The summed E-state index contributed by atoms with van der Waals surface area (Å²) in [7, 11) is 0. The van der Waals surface area contributed by atoms with Gasteiger partial charge in [-0.25, -0.2) is 0 Å². The molecule has 1 aliphatic carbocycles. The van der Waals surface area contributed by atoms with Crippen molar-refractivity contribution in [2.75, 3.05) is 0 Å². The molecule has 0 bridgehead atoms. The molecule has 0 unspecified atom stereocenters. The summed E-state index contributed by atoms with van der Waals surface area (Å²) >= 11 is 0. The van der Waals surface area contributed by atoms with Gasteiger partial charge in [-0.15, -0.1) is 5.73 Å². The second kappa shape index (κ2) is 9.47. The van der Waals surface area contributed by atoms with Crippen LogP contribution in [-0.4, -0.2) is 5.78 Å². The number of rotatable bonds is 8. The van der Waals surface area contributed by atoms with Crippen molar-refractivity contribution in [3.05, 3.63) is 124 Å². The van der Waals surface area contributed by atoms with E-state index in [-0.39, 0.29) is 5.78 Å². The molecule has 1 aliphatic rings. The molecular weight excluding hydrogens is 380 g/mol. The Morgan fingerprint density at radius 1 is 1.00 bits per heavy atom. The number of Topliss-reactive ketones (excluding diaryl/α,β-unsaturated/α-hetero) is 1. The summed E-state index contributed by atoms with van der Waals surface area (Å²) in [5.41, 5.74) is 10.6. The second-order valence-electron chi connectivity index (χ2n) is 8.03. The van der Waals surface area contributed by atoms with Crippen molar-refractivity contribution in [3.8, 4) is 5.75 Å². The van der Waals surface area contributed by atoms with Crippen LogP contribution in [0.2, 0.25) is 0 Å². The molecule has 0 heterocycles. The van der Waals surface area contributed by atoms with Crippen LogP contribution in [0.1, 0.15) is 34.2 Å². The minimum atomic E-state index is 0.150. The summed E-state index contributed by atoms with van der Waals surface area (Å²) in [6, 6.07) is 24.5. The lowest BCUT2D eigenvalue weighted by molar-refractivity contribution is -0.114. The van der Waals surface area contributed by atoms with E-state index in [0.29, 0.717) is 25.9 Å². The van der Waals surface area contributed by atoms with Crippen molar-refractivity contribution in [3.63, 3.8) is 0 Å². The van der Waals surface area contributed by atoms with Crippen LogP contribution in [-0.2, 0) is 24.2 Å². The van der Waals surface area contributed by atoms with Crippen LogP contribution in [0.3, 0.4) is 0 Å². The fourth-order valence-corrected chi connectivity index (χ4v) is 3.86. The Morgan fingerprint density at radius 2 is 1.81 bits per heavy atom. The molecule has 0 spiro atoms. The van der Waals surface area contributed by atoms with Gasteiger partial charge in [-0.2, -0.15) is 0 Å². The molecule has 2 heteroatoms. The van der Waals surface area contributed by atoms with E-state index in [1.54, 1.807) is 0 Å². The molecule has 0 saturated heterocycles. The highest BCUT2D eigenvalue weighted by molar-refractivity contribution is 6.03. The summed E-state index contributed by atoms with van der Waals surface area (Å²) < 4.78 is 5.93. The molecular formula is C29H26O2. The minimum absolute atomic E-state index is 0.150. The maximum Gasteiger partial charge on any atom is 0.163 e. The third-order valence-corrected chi connectivity index (χ3v) is 5.56. The molecule has 0 aliphatic heterocycles. The van der Waals surface area contributed by atoms with E-state index >= 15 is 0 Å². The molecule has 3 aromatic rings. The van der Waals surface area contributed by atoms with Crippen LogP contribution in [0, 0.1) is 6.92 Å². The highest BCUT2D eigenvalue weighted by Gasteiger charge is 2.19. The number of aryl methyl sites for hydroxylation is 1. The Kier molecular flexibility index (Phi) is 6.31. The number of ketones is 1.